The predicted molar refractivity (Wildman–Crippen MR) is 126 cm³/mol. The number of para-hydroxylation sites is 2. The molecule has 9 heteroatoms. The third-order valence-corrected chi connectivity index (χ3v) is 6.91. The van der Waals surface area contributed by atoms with Crippen molar-refractivity contribution in [1.82, 2.24) is 4.68 Å². The lowest BCUT2D eigenvalue weighted by Crippen LogP contribution is -2.31. The third-order valence-electron chi connectivity index (χ3n) is 5.58. The van der Waals surface area contributed by atoms with Crippen LogP contribution in [0.3, 0.4) is 0 Å². The van der Waals surface area contributed by atoms with Crippen LogP contribution in [0, 0.1) is 5.92 Å². The van der Waals surface area contributed by atoms with Gasteiger partial charge in [0.1, 0.15) is 16.2 Å². The van der Waals surface area contributed by atoms with Crippen molar-refractivity contribution in [3.05, 3.63) is 64.4 Å². The van der Waals surface area contributed by atoms with Gasteiger partial charge in [0.15, 0.2) is 5.84 Å². The smallest absolute Gasteiger partial charge is 0.286 e. The van der Waals surface area contributed by atoms with Gasteiger partial charge in [0, 0.05) is 11.6 Å². The minimum atomic E-state index is -4.04. The zero-order chi connectivity index (χ0) is 22.9. The molecule has 2 heterocycles. The number of fused-ring (bicyclic) bond motifs is 2. The van der Waals surface area contributed by atoms with Crippen LogP contribution in [0.4, 0.5) is 5.69 Å². The van der Waals surface area contributed by atoms with E-state index in [9.17, 15) is 18.3 Å². The van der Waals surface area contributed by atoms with Crippen molar-refractivity contribution in [3.63, 3.8) is 0 Å². The highest BCUT2D eigenvalue weighted by Gasteiger charge is 2.29. The average Bonchev–Trinajstić information content (AvgIpc) is 2.78. The van der Waals surface area contributed by atoms with E-state index in [-0.39, 0.29) is 27.7 Å². The van der Waals surface area contributed by atoms with Crippen LogP contribution in [0.25, 0.3) is 10.9 Å². The SMILES string of the molecule is CCC(C)CCC=Nn1c(=O)c(C2=NS(=O)(=O)c3ccccc3N2)c(O)c2ccccc21. The Labute approximate surface area is 186 Å². The van der Waals surface area contributed by atoms with E-state index in [0.717, 1.165) is 12.8 Å². The Hall–Kier alpha value is -3.46. The second kappa shape index (κ2) is 8.58. The van der Waals surface area contributed by atoms with Gasteiger partial charge in [0.05, 0.1) is 11.2 Å². The molecule has 0 fully saturated rings. The number of hydrogen-bond acceptors (Lipinski definition) is 6. The van der Waals surface area contributed by atoms with Gasteiger partial charge < -0.3 is 10.4 Å². The maximum Gasteiger partial charge on any atom is 0.286 e. The number of benzene rings is 2. The largest absolute Gasteiger partial charge is 0.506 e. The summed E-state index contributed by atoms with van der Waals surface area (Å²) in [4.78, 5) is 13.4. The van der Waals surface area contributed by atoms with Gasteiger partial charge >= 0.3 is 0 Å². The van der Waals surface area contributed by atoms with Crippen molar-refractivity contribution in [2.24, 2.45) is 15.4 Å². The summed E-state index contributed by atoms with van der Waals surface area (Å²) >= 11 is 0. The number of rotatable bonds is 6. The molecular weight excluding hydrogens is 428 g/mol. The molecule has 1 aliphatic heterocycles. The van der Waals surface area contributed by atoms with Gasteiger partial charge in [-0.25, -0.2) is 0 Å². The van der Waals surface area contributed by atoms with Crippen molar-refractivity contribution in [1.29, 1.82) is 0 Å². The minimum absolute atomic E-state index is 0.00687. The summed E-state index contributed by atoms with van der Waals surface area (Å²) in [7, 11) is -4.04. The number of amidine groups is 1. The molecule has 3 aromatic rings. The van der Waals surface area contributed by atoms with E-state index < -0.39 is 15.6 Å². The molecule has 0 radical (unpaired) electrons. The van der Waals surface area contributed by atoms with E-state index in [1.807, 2.05) is 0 Å². The van der Waals surface area contributed by atoms with Gasteiger partial charge in [-0.1, -0.05) is 44.5 Å². The Bertz CT molecular complexity index is 1410. The van der Waals surface area contributed by atoms with Gasteiger partial charge in [0.2, 0.25) is 0 Å². The quantitative estimate of drug-likeness (QED) is 0.550. The third kappa shape index (κ3) is 3.91. The molecule has 0 amide bonds. The fourth-order valence-corrected chi connectivity index (χ4v) is 4.69. The van der Waals surface area contributed by atoms with Gasteiger partial charge in [-0.3, -0.25) is 4.79 Å². The van der Waals surface area contributed by atoms with E-state index in [4.69, 9.17) is 0 Å². The highest BCUT2D eigenvalue weighted by molar-refractivity contribution is 7.90. The number of pyridine rings is 1. The molecule has 1 atom stereocenters. The molecule has 2 N–H and O–H groups in total. The van der Waals surface area contributed by atoms with Crippen molar-refractivity contribution < 1.29 is 13.5 Å². The van der Waals surface area contributed by atoms with Crippen LogP contribution < -0.4 is 10.9 Å². The molecule has 0 spiro atoms. The second-order valence-electron chi connectivity index (χ2n) is 7.78. The average molecular weight is 453 g/mol. The zero-order valence-electron chi connectivity index (χ0n) is 17.8. The van der Waals surface area contributed by atoms with Crippen LogP contribution in [-0.4, -0.2) is 30.3 Å². The lowest BCUT2D eigenvalue weighted by Gasteiger charge is -2.19. The number of nitrogens with one attached hydrogen (secondary N) is 1. The topological polar surface area (TPSA) is 113 Å². The molecule has 1 aliphatic rings. The number of nitrogens with zero attached hydrogens (tertiary/aromatic N) is 3. The van der Waals surface area contributed by atoms with Crippen molar-refractivity contribution in [2.75, 3.05) is 5.32 Å². The number of anilines is 1. The fraction of sp³-hybridized carbons (Fsp3) is 0.261. The van der Waals surface area contributed by atoms with Gasteiger partial charge in [-0.2, -0.15) is 18.2 Å². The normalized spacial score (nSPS) is 15.9. The molecule has 2 aromatic carbocycles. The lowest BCUT2D eigenvalue weighted by molar-refractivity contribution is 0.478. The van der Waals surface area contributed by atoms with Gasteiger partial charge in [-0.15, -0.1) is 4.40 Å². The Morgan fingerprint density at radius 2 is 1.91 bits per heavy atom. The van der Waals surface area contributed by atoms with Gasteiger partial charge in [0.25, 0.3) is 15.6 Å². The van der Waals surface area contributed by atoms with Crippen LogP contribution in [0.1, 0.15) is 38.7 Å². The maximum absolute atomic E-state index is 13.4. The second-order valence-corrected chi connectivity index (χ2v) is 9.36. The monoisotopic (exact) mass is 452 g/mol. The van der Waals surface area contributed by atoms with Crippen LogP contribution in [-0.2, 0) is 10.0 Å². The Morgan fingerprint density at radius 1 is 1.19 bits per heavy atom. The lowest BCUT2D eigenvalue weighted by atomic mass is 10.0. The van der Waals surface area contributed by atoms with Crippen molar-refractivity contribution in [2.45, 2.75) is 38.0 Å². The molecule has 0 saturated heterocycles. The Morgan fingerprint density at radius 3 is 2.69 bits per heavy atom. The molecule has 4 rings (SSSR count). The number of aromatic nitrogens is 1. The summed E-state index contributed by atoms with van der Waals surface area (Å²) in [6.45, 7) is 4.27. The van der Waals surface area contributed by atoms with Crippen molar-refractivity contribution >= 4 is 38.7 Å². The van der Waals surface area contributed by atoms with E-state index in [2.05, 4.69) is 28.7 Å². The molecule has 32 heavy (non-hydrogen) atoms. The van der Waals surface area contributed by atoms with Crippen LogP contribution in [0.5, 0.6) is 5.75 Å². The van der Waals surface area contributed by atoms with Crippen molar-refractivity contribution in [3.8, 4) is 5.75 Å². The van der Waals surface area contributed by atoms with Gasteiger partial charge in [-0.05, 0) is 43.0 Å². The summed E-state index contributed by atoms with van der Waals surface area (Å²) < 4.78 is 30.3. The molecule has 1 aromatic heterocycles. The van der Waals surface area contributed by atoms with E-state index in [1.54, 1.807) is 48.7 Å². The predicted octanol–water partition coefficient (Wildman–Crippen LogP) is 3.93. The molecule has 0 saturated carbocycles. The molecule has 1 unspecified atom stereocenters. The highest BCUT2D eigenvalue weighted by atomic mass is 32.2. The zero-order valence-corrected chi connectivity index (χ0v) is 18.6. The van der Waals surface area contributed by atoms with E-state index >= 15 is 0 Å². The van der Waals surface area contributed by atoms with E-state index in [1.165, 1.54) is 10.7 Å². The standard InChI is InChI=1S/C23H24N4O4S/c1-3-15(2)9-8-14-24-27-18-12-6-4-10-16(18)21(28)20(23(27)29)22-25-17-11-5-7-13-19(17)32(30,31)26-22/h4-7,10-15,28H,3,8-9H2,1-2H3,(H,25,26). The molecular formula is C23H24N4O4S. The molecule has 0 bridgehead atoms. The van der Waals surface area contributed by atoms with Crippen LogP contribution in [0.2, 0.25) is 0 Å². The molecule has 0 aliphatic carbocycles. The summed E-state index contributed by atoms with van der Waals surface area (Å²) in [5, 5.41) is 18.5. The molecule has 166 valence electrons. The first kappa shape index (κ1) is 21.8. The summed E-state index contributed by atoms with van der Waals surface area (Å²) in [5.74, 6) is -0.0469. The van der Waals surface area contributed by atoms with Crippen LogP contribution in [0.15, 0.2) is 67.7 Å². The van der Waals surface area contributed by atoms with E-state index in [0.29, 0.717) is 23.2 Å². The summed E-state index contributed by atoms with van der Waals surface area (Å²) in [6, 6.07) is 13.0. The van der Waals surface area contributed by atoms with Crippen LogP contribution >= 0.6 is 0 Å². The molecule has 8 nitrogen and oxygen atoms in total. The Kier molecular flexibility index (Phi) is 5.84. The first-order valence-electron chi connectivity index (χ1n) is 10.4. The summed E-state index contributed by atoms with van der Waals surface area (Å²) in [5.41, 5.74) is -0.214. The first-order chi connectivity index (χ1) is 15.3. The Balaban J connectivity index is 1.87. The first-order valence-corrected chi connectivity index (χ1v) is 11.9. The number of hydrogen-bond donors (Lipinski definition) is 2. The summed E-state index contributed by atoms with van der Waals surface area (Å²) in [6.07, 6.45) is 4.35. The number of aromatic hydroxyl groups is 1. The fourth-order valence-electron chi connectivity index (χ4n) is 3.56. The highest BCUT2D eigenvalue weighted by Crippen LogP contribution is 2.32. The maximum atomic E-state index is 13.4. The minimum Gasteiger partial charge on any atom is -0.506 e. The number of sulfonamides is 1.